The van der Waals surface area contributed by atoms with E-state index in [4.69, 9.17) is 5.73 Å². The van der Waals surface area contributed by atoms with Gasteiger partial charge in [-0.3, -0.25) is 24.5 Å². The number of rotatable bonds is 6. The largest absolute Gasteiger partial charge is 0.365 e. The van der Waals surface area contributed by atoms with Crippen LogP contribution >= 0.6 is 0 Å². The Hall–Kier alpha value is -3.95. The second-order valence-corrected chi connectivity index (χ2v) is 10.1. The smallest absolute Gasteiger partial charge is 0.270 e. The first-order chi connectivity index (χ1) is 16.5. The van der Waals surface area contributed by atoms with Gasteiger partial charge in [0.25, 0.3) is 11.8 Å². The van der Waals surface area contributed by atoms with Gasteiger partial charge in [-0.1, -0.05) is 20.8 Å². The fraction of sp³-hybridized carbons (Fsp3) is 0.400. The second-order valence-electron chi connectivity index (χ2n) is 10.1. The first-order valence-corrected chi connectivity index (χ1v) is 11.6. The molecule has 1 aliphatic heterocycles. The Labute approximate surface area is 203 Å². The van der Waals surface area contributed by atoms with Gasteiger partial charge in [-0.15, -0.1) is 0 Å². The molecule has 3 aromatic rings. The zero-order chi connectivity index (χ0) is 25.3. The molecule has 1 aromatic carbocycles. The van der Waals surface area contributed by atoms with Crippen molar-refractivity contribution in [2.75, 3.05) is 17.3 Å². The van der Waals surface area contributed by atoms with Crippen LogP contribution < -0.4 is 16.0 Å². The number of anilines is 2. The van der Waals surface area contributed by atoms with Crippen molar-refractivity contribution in [3.05, 3.63) is 41.7 Å². The molecule has 35 heavy (non-hydrogen) atoms. The number of amides is 3. The number of aliphatic imine (C=N–C) groups is 1. The number of aromatic amines is 2. The summed E-state index contributed by atoms with van der Waals surface area (Å²) in [6.07, 6.45) is 6.06. The van der Waals surface area contributed by atoms with Crippen molar-refractivity contribution >= 4 is 45.8 Å². The zero-order valence-electron chi connectivity index (χ0n) is 20.4. The highest BCUT2D eigenvalue weighted by Gasteiger charge is 2.25. The number of H-pyrrole nitrogens is 2. The van der Waals surface area contributed by atoms with Gasteiger partial charge in [-0.05, 0) is 42.9 Å². The minimum atomic E-state index is -0.668. The second kappa shape index (κ2) is 9.36. The average Bonchev–Trinajstić information content (AvgIpc) is 3.45. The van der Waals surface area contributed by atoms with E-state index in [0.717, 1.165) is 18.4 Å². The summed E-state index contributed by atoms with van der Waals surface area (Å²) in [4.78, 5) is 47.3. The Kier molecular flexibility index (Phi) is 6.47. The number of benzene rings is 1. The summed E-state index contributed by atoms with van der Waals surface area (Å²) in [7, 11) is 1.72. The molecule has 3 heterocycles. The molecule has 0 fully saturated rings. The van der Waals surface area contributed by atoms with Crippen molar-refractivity contribution < 1.29 is 14.4 Å². The summed E-state index contributed by atoms with van der Waals surface area (Å²) in [5.41, 5.74) is 8.30. The number of nitrogens with zero attached hydrogens (tertiary/aromatic N) is 3. The summed E-state index contributed by atoms with van der Waals surface area (Å²) in [6.45, 7) is 6.03. The van der Waals surface area contributed by atoms with Crippen LogP contribution in [0.2, 0.25) is 0 Å². The molecule has 4 rings (SSSR count). The molecule has 0 bridgehead atoms. The van der Waals surface area contributed by atoms with Crippen LogP contribution in [0.5, 0.6) is 0 Å². The molecular weight excluding hydrogens is 446 g/mol. The number of hydrogen-bond acceptors (Lipinski definition) is 5. The van der Waals surface area contributed by atoms with Gasteiger partial charge < -0.3 is 20.9 Å². The van der Waals surface area contributed by atoms with Gasteiger partial charge in [0.2, 0.25) is 5.91 Å². The minimum Gasteiger partial charge on any atom is -0.365 e. The molecule has 3 amide bonds. The number of hydrogen-bond donors (Lipinski definition) is 4. The standard InChI is InChI=1S/C25H31N7O3/c1-25(2,3)11-20(33)32(4)15-8-9-16-19(10-15)30-23(21(16)22(26)34)31-24(35)18-7-5-6-17(29-18)14-12-27-28-13-14/h8-10,12-13,17,30H,5-7,11H2,1-4H3,(H2,26,34)(H,27,28)(H,31,35). The Bertz CT molecular complexity index is 1300. The third-order valence-corrected chi connectivity index (χ3v) is 6.08. The van der Waals surface area contributed by atoms with E-state index < -0.39 is 5.91 Å². The summed E-state index contributed by atoms with van der Waals surface area (Å²) in [5, 5.41) is 10.1. The fourth-order valence-corrected chi connectivity index (χ4v) is 4.28. The molecule has 1 atom stereocenters. The fourth-order valence-electron chi connectivity index (χ4n) is 4.28. The van der Waals surface area contributed by atoms with Crippen LogP contribution in [0.1, 0.15) is 68.4 Å². The van der Waals surface area contributed by atoms with Crippen molar-refractivity contribution in [1.82, 2.24) is 15.2 Å². The van der Waals surface area contributed by atoms with Gasteiger partial charge in [0.1, 0.15) is 11.5 Å². The quantitative estimate of drug-likeness (QED) is 0.428. The molecule has 0 spiro atoms. The van der Waals surface area contributed by atoms with Gasteiger partial charge in [0, 0.05) is 41.8 Å². The van der Waals surface area contributed by atoms with E-state index in [0.29, 0.717) is 35.1 Å². The van der Waals surface area contributed by atoms with Gasteiger partial charge in [0.05, 0.1) is 17.8 Å². The maximum absolute atomic E-state index is 13.0. The number of aromatic nitrogens is 3. The lowest BCUT2D eigenvalue weighted by molar-refractivity contribution is -0.120. The normalized spacial score (nSPS) is 16.1. The summed E-state index contributed by atoms with van der Waals surface area (Å²) in [5.74, 6) is -0.857. The first-order valence-electron chi connectivity index (χ1n) is 11.6. The lowest BCUT2D eigenvalue weighted by atomic mass is 9.91. The molecular formula is C25H31N7O3. The van der Waals surface area contributed by atoms with Crippen molar-refractivity contribution in [3.63, 3.8) is 0 Å². The molecule has 0 radical (unpaired) electrons. The van der Waals surface area contributed by atoms with E-state index in [2.05, 4.69) is 25.5 Å². The van der Waals surface area contributed by atoms with E-state index in [1.807, 2.05) is 20.8 Å². The molecule has 1 unspecified atom stereocenters. The van der Waals surface area contributed by atoms with Crippen LogP contribution in [-0.2, 0) is 9.59 Å². The third kappa shape index (κ3) is 5.26. The number of primary amides is 1. The number of carbonyl (C=O) groups excluding carboxylic acids is 3. The van der Waals surface area contributed by atoms with Crippen molar-refractivity contribution in [2.24, 2.45) is 16.1 Å². The Balaban J connectivity index is 1.61. The number of carbonyl (C=O) groups is 3. The average molecular weight is 478 g/mol. The minimum absolute atomic E-state index is 0.0189. The molecule has 2 aromatic heterocycles. The van der Waals surface area contributed by atoms with Crippen LogP contribution in [0.3, 0.4) is 0 Å². The summed E-state index contributed by atoms with van der Waals surface area (Å²) in [6, 6.07) is 5.12. The molecule has 184 valence electrons. The highest BCUT2D eigenvalue weighted by molar-refractivity contribution is 6.43. The first kappa shape index (κ1) is 24.2. The maximum atomic E-state index is 13.0. The molecule has 10 heteroatoms. The molecule has 10 nitrogen and oxygen atoms in total. The topological polar surface area (TPSA) is 149 Å². The van der Waals surface area contributed by atoms with Gasteiger partial charge in [-0.2, -0.15) is 5.10 Å². The SMILES string of the molecule is CN(C(=O)CC(C)(C)C)c1ccc2c(C(N)=O)c(NC(=O)C3=NC(c4cn[nH]c4)CCC3)[nH]c2c1. The predicted molar refractivity (Wildman–Crippen MR) is 136 cm³/mol. The number of nitrogens with one attached hydrogen (secondary N) is 3. The maximum Gasteiger partial charge on any atom is 0.270 e. The molecule has 0 saturated carbocycles. The van der Waals surface area contributed by atoms with E-state index in [-0.39, 0.29) is 34.7 Å². The van der Waals surface area contributed by atoms with Crippen molar-refractivity contribution in [3.8, 4) is 0 Å². The van der Waals surface area contributed by atoms with Gasteiger partial charge in [0.15, 0.2) is 0 Å². The van der Waals surface area contributed by atoms with Gasteiger partial charge in [-0.25, -0.2) is 0 Å². The highest BCUT2D eigenvalue weighted by Crippen LogP contribution is 2.31. The van der Waals surface area contributed by atoms with Gasteiger partial charge >= 0.3 is 0 Å². The predicted octanol–water partition coefficient (Wildman–Crippen LogP) is 3.69. The lowest BCUT2D eigenvalue weighted by Crippen LogP contribution is -2.29. The van der Waals surface area contributed by atoms with E-state index in [1.165, 1.54) is 0 Å². The van der Waals surface area contributed by atoms with Crippen LogP contribution in [0.25, 0.3) is 10.9 Å². The Morgan fingerprint density at radius 1 is 1.26 bits per heavy atom. The zero-order valence-corrected chi connectivity index (χ0v) is 20.4. The number of nitrogens with two attached hydrogens (primary N) is 1. The molecule has 0 aliphatic carbocycles. The van der Waals surface area contributed by atoms with Crippen molar-refractivity contribution in [1.29, 1.82) is 0 Å². The molecule has 0 saturated heterocycles. The lowest BCUT2D eigenvalue weighted by Gasteiger charge is -2.23. The monoisotopic (exact) mass is 477 g/mol. The molecule has 1 aliphatic rings. The van der Waals surface area contributed by atoms with Crippen molar-refractivity contribution in [2.45, 2.75) is 52.5 Å². The van der Waals surface area contributed by atoms with Crippen LogP contribution in [0.15, 0.2) is 35.6 Å². The Morgan fingerprint density at radius 3 is 2.69 bits per heavy atom. The summed E-state index contributed by atoms with van der Waals surface area (Å²) < 4.78 is 0. The van der Waals surface area contributed by atoms with Crippen LogP contribution in [0.4, 0.5) is 11.5 Å². The Morgan fingerprint density at radius 2 is 2.03 bits per heavy atom. The summed E-state index contributed by atoms with van der Waals surface area (Å²) >= 11 is 0. The van der Waals surface area contributed by atoms with Crippen LogP contribution in [-0.4, -0.2) is 45.7 Å². The number of fused-ring (bicyclic) bond motifs is 1. The highest BCUT2D eigenvalue weighted by atomic mass is 16.2. The van der Waals surface area contributed by atoms with E-state index in [9.17, 15) is 14.4 Å². The van der Waals surface area contributed by atoms with E-state index in [1.54, 1.807) is 42.5 Å². The van der Waals surface area contributed by atoms with E-state index >= 15 is 0 Å². The molecule has 5 N–H and O–H groups in total. The van der Waals surface area contributed by atoms with Crippen LogP contribution in [0, 0.1) is 5.41 Å². The third-order valence-electron chi connectivity index (χ3n) is 6.08.